The number of hydrogen-bond donors (Lipinski definition) is 0. The molecule has 0 aliphatic heterocycles. The Kier molecular flexibility index (Phi) is 3.21. The third kappa shape index (κ3) is 2.13. The van der Waals surface area contributed by atoms with E-state index in [9.17, 15) is 4.79 Å². The smallest absolute Gasteiger partial charge is 0.265 e. The van der Waals surface area contributed by atoms with E-state index in [1.165, 1.54) is 0 Å². The topological polar surface area (TPSA) is 43.1 Å². The zero-order valence-electron chi connectivity index (χ0n) is 7.67. The number of nitrogens with zero attached hydrogens (tertiary/aromatic N) is 1. The number of fused-ring (bicyclic) bond motifs is 1. The number of rotatable bonds is 3. The van der Waals surface area contributed by atoms with Crippen LogP contribution in [0, 0.1) is 0 Å². The first kappa shape index (κ1) is 10.8. The SMILES string of the molecule is O=C(CBr)c1nc2ccc(CBr)cc2o1. The van der Waals surface area contributed by atoms with Gasteiger partial charge in [-0.2, -0.15) is 0 Å². The Hall–Kier alpha value is -0.680. The minimum absolute atomic E-state index is 0.147. The van der Waals surface area contributed by atoms with Gasteiger partial charge in [0.2, 0.25) is 5.78 Å². The Balaban J connectivity index is 2.51. The van der Waals surface area contributed by atoms with Crippen molar-refractivity contribution in [2.45, 2.75) is 5.33 Å². The van der Waals surface area contributed by atoms with Crippen LogP contribution in [-0.2, 0) is 5.33 Å². The zero-order chi connectivity index (χ0) is 10.8. The lowest BCUT2D eigenvalue weighted by atomic mass is 10.2. The Morgan fingerprint density at radius 1 is 1.40 bits per heavy atom. The lowest BCUT2D eigenvalue weighted by Gasteiger charge is -1.91. The van der Waals surface area contributed by atoms with Crippen LogP contribution in [0.2, 0.25) is 0 Å². The number of ketones is 1. The van der Waals surface area contributed by atoms with Crippen LogP contribution in [-0.4, -0.2) is 16.1 Å². The zero-order valence-corrected chi connectivity index (χ0v) is 10.8. The van der Waals surface area contributed by atoms with E-state index < -0.39 is 0 Å². The molecule has 0 unspecified atom stereocenters. The van der Waals surface area contributed by atoms with Gasteiger partial charge in [0.15, 0.2) is 5.58 Å². The fourth-order valence-electron chi connectivity index (χ4n) is 1.23. The van der Waals surface area contributed by atoms with Crippen molar-refractivity contribution in [3.63, 3.8) is 0 Å². The molecule has 1 aromatic carbocycles. The quantitative estimate of drug-likeness (QED) is 0.639. The summed E-state index contributed by atoms with van der Waals surface area (Å²) < 4.78 is 5.35. The van der Waals surface area contributed by atoms with Crippen molar-refractivity contribution in [3.05, 3.63) is 29.7 Å². The van der Waals surface area contributed by atoms with Gasteiger partial charge in [-0.25, -0.2) is 4.98 Å². The summed E-state index contributed by atoms with van der Waals surface area (Å²) in [5.41, 5.74) is 2.46. The number of carbonyl (C=O) groups is 1. The number of halogens is 2. The van der Waals surface area contributed by atoms with E-state index in [2.05, 4.69) is 36.8 Å². The fraction of sp³-hybridized carbons (Fsp3) is 0.200. The van der Waals surface area contributed by atoms with E-state index in [4.69, 9.17) is 4.42 Å². The van der Waals surface area contributed by atoms with E-state index in [0.29, 0.717) is 11.1 Å². The van der Waals surface area contributed by atoms with E-state index >= 15 is 0 Å². The van der Waals surface area contributed by atoms with Gasteiger partial charge in [-0.15, -0.1) is 0 Å². The van der Waals surface area contributed by atoms with Crippen molar-refractivity contribution in [3.8, 4) is 0 Å². The summed E-state index contributed by atoms with van der Waals surface area (Å²) in [6.45, 7) is 0. The van der Waals surface area contributed by atoms with Crippen molar-refractivity contribution in [2.24, 2.45) is 0 Å². The molecule has 78 valence electrons. The first-order chi connectivity index (χ1) is 7.24. The van der Waals surface area contributed by atoms with Crippen molar-refractivity contribution in [1.29, 1.82) is 0 Å². The van der Waals surface area contributed by atoms with Crippen LogP contribution < -0.4 is 0 Å². The van der Waals surface area contributed by atoms with Gasteiger partial charge < -0.3 is 4.42 Å². The summed E-state index contributed by atoms with van der Waals surface area (Å²) in [6, 6.07) is 5.67. The lowest BCUT2D eigenvalue weighted by molar-refractivity contribution is 0.0989. The van der Waals surface area contributed by atoms with Crippen LogP contribution >= 0.6 is 31.9 Å². The number of Topliss-reactive ketones (excluding diaryl/α,β-unsaturated/α-hetero) is 1. The Bertz CT molecular complexity index is 507. The second-order valence-electron chi connectivity index (χ2n) is 3.01. The molecule has 5 heteroatoms. The molecule has 0 atom stereocenters. The van der Waals surface area contributed by atoms with Crippen LogP contribution in [0.25, 0.3) is 11.1 Å². The number of benzene rings is 1. The second-order valence-corrected chi connectivity index (χ2v) is 4.13. The third-order valence-electron chi connectivity index (χ3n) is 1.97. The highest BCUT2D eigenvalue weighted by Gasteiger charge is 2.12. The number of hydrogen-bond acceptors (Lipinski definition) is 3. The standard InChI is InChI=1S/C10H7Br2NO2/c11-4-6-1-2-7-9(3-6)15-10(13-7)8(14)5-12/h1-3H,4-5H2. The van der Waals surface area contributed by atoms with E-state index in [0.717, 1.165) is 10.9 Å². The van der Waals surface area contributed by atoms with Gasteiger partial charge in [0.05, 0.1) is 5.33 Å². The molecule has 0 N–H and O–H groups in total. The molecule has 2 aromatic rings. The molecule has 0 radical (unpaired) electrons. The predicted molar refractivity (Wildman–Crippen MR) is 64.8 cm³/mol. The molecule has 3 nitrogen and oxygen atoms in total. The van der Waals surface area contributed by atoms with E-state index in [1.54, 1.807) is 0 Å². The maximum Gasteiger partial charge on any atom is 0.265 e. The number of oxazole rings is 1. The number of carbonyl (C=O) groups excluding carboxylic acids is 1. The Morgan fingerprint density at radius 3 is 2.87 bits per heavy atom. The van der Waals surface area contributed by atoms with Crippen LogP contribution in [0.15, 0.2) is 22.6 Å². The molecule has 2 rings (SSSR count). The van der Waals surface area contributed by atoms with Crippen LogP contribution in [0.4, 0.5) is 0 Å². The summed E-state index contributed by atoms with van der Waals surface area (Å²) in [7, 11) is 0. The Labute approximate surface area is 103 Å². The van der Waals surface area contributed by atoms with Crippen LogP contribution in [0.1, 0.15) is 16.2 Å². The van der Waals surface area contributed by atoms with Crippen molar-refractivity contribution in [1.82, 2.24) is 4.98 Å². The van der Waals surface area contributed by atoms with Crippen molar-refractivity contribution < 1.29 is 9.21 Å². The van der Waals surface area contributed by atoms with Gasteiger partial charge in [-0.3, -0.25) is 4.79 Å². The molecular formula is C10H7Br2NO2. The highest BCUT2D eigenvalue weighted by molar-refractivity contribution is 9.09. The summed E-state index contributed by atoms with van der Waals surface area (Å²) in [5, 5.41) is 0.983. The minimum Gasteiger partial charge on any atom is -0.434 e. The molecule has 0 fully saturated rings. The number of aromatic nitrogens is 1. The summed E-state index contributed by atoms with van der Waals surface area (Å²) >= 11 is 6.44. The van der Waals surface area contributed by atoms with Gasteiger partial charge in [0, 0.05) is 5.33 Å². The average molecular weight is 333 g/mol. The maximum atomic E-state index is 11.3. The third-order valence-corrected chi connectivity index (χ3v) is 3.12. The Morgan fingerprint density at radius 2 is 2.20 bits per heavy atom. The van der Waals surface area contributed by atoms with Gasteiger partial charge >= 0.3 is 0 Å². The molecule has 1 aromatic heterocycles. The molecule has 0 aliphatic rings. The average Bonchev–Trinajstić information content (AvgIpc) is 2.70. The minimum atomic E-state index is -0.147. The van der Waals surface area contributed by atoms with Crippen LogP contribution in [0.3, 0.4) is 0 Å². The lowest BCUT2D eigenvalue weighted by Crippen LogP contribution is -1.99. The van der Waals surface area contributed by atoms with E-state index in [1.807, 2.05) is 18.2 Å². The first-order valence-electron chi connectivity index (χ1n) is 4.29. The molecule has 0 spiro atoms. The van der Waals surface area contributed by atoms with Crippen molar-refractivity contribution in [2.75, 3.05) is 5.33 Å². The molecule has 15 heavy (non-hydrogen) atoms. The molecule has 0 saturated heterocycles. The highest BCUT2D eigenvalue weighted by atomic mass is 79.9. The molecular weight excluding hydrogens is 326 g/mol. The second kappa shape index (κ2) is 4.45. The molecule has 1 heterocycles. The first-order valence-corrected chi connectivity index (χ1v) is 6.53. The van der Waals surface area contributed by atoms with Gasteiger partial charge in [0.25, 0.3) is 5.89 Å². The summed E-state index contributed by atoms with van der Waals surface area (Å²) in [6.07, 6.45) is 0. The molecule has 0 bridgehead atoms. The maximum absolute atomic E-state index is 11.3. The summed E-state index contributed by atoms with van der Waals surface area (Å²) in [5.74, 6) is 0.0141. The van der Waals surface area contributed by atoms with Gasteiger partial charge in [-0.05, 0) is 17.7 Å². The van der Waals surface area contributed by atoms with Gasteiger partial charge in [-0.1, -0.05) is 37.9 Å². The molecule has 0 saturated carbocycles. The van der Waals surface area contributed by atoms with Crippen molar-refractivity contribution >= 4 is 48.7 Å². The monoisotopic (exact) mass is 331 g/mol. The summed E-state index contributed by atoms with van der Waals surface area (Å²) in [4.78, 5) is 15.4. The van der Waals surface area contributed by atoms with E-state index in [-0.39, 0.29) is 17.0 Å². The molecule has 0 amide bonds. The normalized spacial score (nSPS) is 10.8. The largest absolute Gasteiger partial charge is 0.434 e. The van der Waals surface area contributed by atoms with Gasteiger partial charge in [0.1, 0.15) is 5.52 Å². The number of alkyl halides is 2. The van der Waals surface area contributed by atoms with Crippen LogP contribution in [0.5, 0.6) is 0 Å². The fourth-order valence-corrected chi connectivity index (χ4v) is 1.82. The highest BCUT2D eigenvalue weighted by Crippen LogP contribution is 2.19. The molecule has 0 aliphatic carbocycles. The predicted octanol–water partition coefficient (Wildman–Crippen LogP) is 3.30.